The van der Waals surface area contributed by atoms with Gasteiger partial charge in [-0.1, -0.05) is 18.2 Å². The number of hydrogen-bond acceptors (Lipinski definition) is 5. The third kappa shape index (κ3) is 6.14. The summed E-state index contributed by atoms with van der Waals surface area (Å²) in [5.41, 5.74) is 1.84. The second-order valence-corrected chi connectivity index (χ2v) is 5.87. The molecule has 7 nitrogen and oxygen atoms in total. The van der Waals surface area contributed by atoms with Gasteiger partial charge in [0.05, 0.1) is 13.5 Å². The lowest BCUT2D eigenvalue weighted by molar-refractivity contribution is -0.152. The summed E-state index contributed by atoms with van der Waals surface area (Å²) in [5.74, 6) is -0.563. The van der Waals surface area contributed by atoms with Gasteiger partial charge in [0.2, 0.25) is 5.91 Å². The van der Waals surface area contributed by atoms with Gasteiger partial charge in [-0.2, -0.15) is 0 Å². The molecule has 2 aromatic carbocycles. The van der Waals surface area contributed by atoms with Crippen molar-refractivity contribution in [3.63, 3.8) is 0 Å². The Balaban J connectivity index is 1.89. The first-order valence-electron chi connectivity index (χ1n) is 8.39. The van der Waals surface area contributed by atoms with E-state index in [0.29, 0.717) is 22.7 Å². The maximum atomic E-state index is 12.2. The largest absolute Gasteiger partial charge is 0.496 e. The SMILES string of the molecule is COc1ccccc1CC(=O)O[C@H](C)C(=O)Nc1ccc(NC(C)=O)cc1. The van der Waals surface area contributed by atoms with Crippen LogP contribution in [-0.2, 0) is 25.5 Å². The fourth-order valence-electron chi connectivity index (χ4n) is 2.38. The molecule has 0 bridgehead atoms. The summed E-state index contributed by atoms with van der Waals surface area (Å²) in [6.45, 7) is 2.91. The molecule has 2 aromatic rings. The summed E-state index contributed by atoms with van der Waals surface area (Å²) < 4.78 is 10.4. The normalized spacial score (nSPS) is 11.2. The van der Waals surface area contributed by atoms with Gasteiger partial charge in [-0.05, 0) is 37.3 Å². The molecule has 1 atom stereocenters. The molecule has 0 saturated carbocycles. The molecule has 2 amide bonds. The van der Waals surface area contributed by atoms with E-state index in [1.165, 1.54) is 21.0 Å². The minimum absolute atomic E-state index is 0.00699. The van der Waals surface area contributed by atoms with Crippen molar-refractivity contribution in [3.8, 4) is 5.75 Å². The lowest BCUT2D eigenvalue weighted by Crippen LogP contribution is -2.30. The molecule has 0 aliphatic heterocycles. The molecule has 0 aliphatic rings. The fraction of sp³-hybridized carbons (Fsp3) is 0.250. The number of methoxy groups -OCH3 is 1. The molecule has 7 heteroatoms. The second kappa shape index (κ2) is 9.38. The standard InChI is InChI=1S/C20H22N2O5/c1-13(27-19(24)12-15-6-4-5-7-18(15)26-3)20(25)22-17-10-8-16(9-11-17)21-14(2)23/h4-11,13H,12H2,1-3H3,(H,21,23)(H,22,25)/t13-/m1/s1. The summed E-state index contributed by atoms with van der Waals surface area (Å²) in [4.78, 5) is 35.3. The van der Waals surface area contributed by atoms with Gasteiger partial charge in [-0.15, -0.1) is 0 Å². The minimum Gasteiger partial charge on any atom is -0.496 e. The first-order chi connectivity index (χ1) is 12.9. The number of esters is 1. The maximum absolute atomic E-state index is 12.2. The Kier molecular flexibility index (Phi) is 6.93. The molecule has 27 heavy (non-hydrogen) atoms. The van der Waals surface area contributed by atoms with Crippen LogP contribution in [0.25, 0.3) is 0 Å². The van der Waals surface area contributed by atoms with E-state index in [4.69, 9.17) is 9.47 Å². The van der Waals surface area contributed by atoms with E-state index >= 15 is 0 Å². The van der Waals surface area contributed by atoms with Crippen LogP contribution in [0.15, 0.2) is 48.5 Å². The number of ether oxygens (including phenoxy) is 2. The van der Waals surface area contributed by atoms with Crippen LogP contribution in [0, 0.1) is 0 Å². The molecule has 0 radical (unpaired) electrons. The van der Waals surface area contributed by atoms with Crippen LogP contribution in [0.1, 0.15) is 19.4 Å². The number of rotatable bonds is 7. The highest BCUT2D eigenvalue weighted by atomic mass is 16.5. The van der Waals surface area contributed by atoms with Crippen molar-refractivity contribution in [1.29, 1.82) is 0 Å². The molecule has 2 N–H and O–H groups in total. The van der Waals surface area contributed by atoms with E-state index in [2.05, 4.69) is 10.6 Å². The van der Waals surface area contributed by atoms with Crippen LogP contribution < -0.4 is 15.4 Å². The van der Waals surface area contributed by atoms with E-state index in [9.17, 15) is 14.4 Å². The van der Waals surface area contributed by atoms with Gasteiger partial charge in [-0.3, -0.25) is 14.4 Å². The van der Waals surface area contributed by atoms with Crippen LogP contribution >= 0.6 is 0 Å². The highest BCUT2D eigenvalue weighted by Crippen LogP contribution is 2.18. The van der Waals surface area contributed by atoms with Crippen LogP contribution in [-0.4, -0.2) is 31.0 Å². The molecule has 142 valence electrons. The van der Waals surface area contributed by atoms with Crippen molar-refractivity contribution in [1.82, 2.24) is 0 Å². The van der Waals surface area contributed by atoms with Gasteiger partial charge < -0.3 is 20.1 Å². The quantitative estimate of drug-likeness (QED) is 0.731. The van der Waals surface area contributed by atoms with E-state index in [1.807, 2.05) is 0 Å². The van der Waals surface area contributed by atoms with E-state index in [0.717, 1.165) is 0 Å². The molecule has 0 fully saturated rings. The Morgan fingerprint density at radius 2 is 1.56 bits per heavy atom. The van der Waals surface area contributed by atoms with E-state index in [-0.39, 0.29) is 12.3 Å². The van der Waals surface area contributed by atoms with Crippen molar-refractivity contribution in [2.24, 2.45) is 0 Å². The summed E-state index contributed by atoms with van der Waals surface area (Å²) in [6.07, 6.45) is -0.949. The molecule has 0 saturated heterocycles. The lowest BCUT2D eigenvalue weighted by Gasteiger charge is -2.14. The van der Waals surface area contributed by atoms with Crippen LogP contribution in [0.2, 0.25) is 0 Å². The first kappa shape index (κ1) is 20.0. The number of carbonyl (C=O) groups excluding carboxylic acids is 3. The predicted octanol–water partition coefficient (Wildman–Crippen LogP) is 2.77. The fourth-order valence-corrected chi connectivity index (χ4v) is 2.38. The van der Waals surface area contributed by atoms with Crippen LogP contribution in [0.5, 0.6) is 5.75 Å². The van der Waals surface area contributed by atoms with Crippen molar-refractivity contribution >= 4 is 29.2 Å². The molecule has 0 unspecified atom stereocenters. The predicted molar refractivity (Wildman–Crippen MR) is 102 cm³/mol. The Morgan fingerprint density at radius 3 is 2.15 bits per heavy atom. The van der Waals surface area contributed by atoms with Crippen molar-refractivity contribution < 1.29 is 23.9 Å². The maximum Gasteiger partial charge on any atom is 0.311 e. The summed E-state index contributed by atoms with van der Waals surface area (Å²) in [7, 11) is 1.53. The zero-order valence-electron chi connectivity index (χ0n) is 15.4. The smallest absolute Gasteiger partial charge is 0.311 e. The lowest BCUT2D eigenvalue weighted by atomic mass is 10.1. The highest BCUT2D eigenvalue weighted by Gasteiger charge is 2.19. The summed E-state index contributed by atoms with van der Waals surface area (Å²) >= 11 is 0. The molecule has 0 heterocycles. The molecule has 0 aromatic heterocycles. The van der Waals surface area contributed by atoms with Crippen molar-refractivity contribution in [2.45, 2.75) is 26.4 Å². The Labute approximate surface area is 157 Å². The van der Waals surface area contributed by atoms with Gasteiger partial charge in [0, 0.05) is 23.9 Å². The Bertz CT molecular complexity index is 817. The number of hydrogen-bond donors (Lipinski definition) is 2. The summed E-state index contributed by atoms with van der Waals surface area (Å²) in [5, 5.41) is 5.30. The monoisotopic (exact) mass is 370 g/mol. The molecule has 0 aliphatic carbocycles. The number of anilines is 2. The van der Waals surface area contributed by atoms with E-state index in [1.54, 1.807) is 48.5 Å². The number of amides is 2. The van der Waals surface area contributed by atoms with Crippen LogP contribution in [0.4, 0.5) is 11.4 Å². The molecule has 2 rings (SSSR count). The average molecular weight is 370 g/mol. The zero-order valence-corrected chi connectivity index (χ0v) is 15.4. The Hall–Kier alpha value is -3.35. The van der Waals surface area contributed by atoms with Gasteiger partial charge >= 0.3 is 5.97 Å². The number of benzene rings is 2. The number of nitrogens with one attached hydrogen (secondary N) is 2. The zero-order chi connectivity index (χ0) is 19.8. The van der Waals surface area contributed by atoms with Gasteiger partial charge in [0.25, 0.3) is 5.91 Å². The highest BCUT2D eigenvalue weighted by molar-refractivity contribution is 5.95. The Morgan fingerprint density at radius 1 is 0.963 bits per heavy atom. The molecular weight excluding hydrogens is 348 g/mol. The van der Waals surface area contributed by atoms with Crippen molar-refractivity contribution in [3.05, 3.63) is 54.1 Å². The van der Waals surface area contributed by atoms with Gasteiger partial charge in [-0.25, -0.2) is 0 Å². The van der Waals surface area contributed by atoms with Crippen molar-refractivity contribution in [2.75, 3.05) is 17.7 Å². The van der Waals surface area contributed by atoms with Gasteiger partial charge in [0.15, 0.2) is 6.10 Å². The average Bonchev–Trinajstić information content (AvgIpc) is 2.63. The molecular formula is C20H22N2O5. The first-order valence-corrected chi connectivity index (χ1v) is 8.39. The number of para-hydroxylation sites is 1. The van der Waals surface area contributed by atoms with Gasteiger partial charge in [0.1, 0.15) is 5.75 Å². The number of carbonyl (C=O) groups is 3. The van der Waals surface area contributed by atoms with E-state index < -0.39 is 18.0 Å². The third-order valence-corrected chi connectivity index (χ3v) is 3.68. The van der Waals surface area contributed by atoms with Crippen LogP contribution in [0.3, 0.4) is 0 Å². The minimum atomic E-state index is -0.956. The second-order valence-electron chi connectivity index (χ2n) is 5.87. The topological polar surface area (TPSA) is 93.7 Å². The third-order valence-electron chi connectivity index (χ3n) is 3.68. The molecule has 0 spiro atoms. The summed E-state index contributed by atoms with van der Waals surface area (Å²) in [6, 6.07) is 13.7.